The zero-order valence-corrected chi connectivity index (χ0v) is 13.6. The van der Waals surface area contributed by atoms with Crippen LogP contribution >= 0.6 is 0 Å². The number of rotatable bonds is 4. The van der Waals surface area contributed by atoms with E-state index in [4.69, 9.17) is 0 Å². The van der Waals surface area contributed by atoms with Crippen LogP contribution in [0.1, 0.15) is 78.1 Å². The molecule has 0 aromatic carbocycles. The fraction of sp³-hybridized carbons (Fsp3) is 1.00. The first kappa shape index (κ1) is 13.6. The zero-order chi connectivity index (χ0) is 13.8. The summed E-state index contributed by atoms with van der Waals surface area (Å²) in [6, 6.07) is 0.847. The Bertz CT molecular complexity index is 354. The maximum atomic E-state index is 4.00. The SMILES string of the molecule is CCNC(C1CCCC1)C12CC3CC(CC(C)(C3)C1)C2. The predicted octanol–water partition coefficient (Wildman–Crippen LogP) is 4.76. The van der Waals surface area contributed by atoms with Crippen LogP contribution in [0.3, 0.4) is 0 Å². The van der Waals surface area contributed by atoms with E-state index in [9.17, 15) is 0 Å². The summed E-state index contributed by atoms with van der Waals surface area (Å²) in [5.74, 6) is 3.14. The van der Waals surface area contributed by atoms with E-state index in [2.05, 4.69) is 19.2 Å². The molecule has 114 valence electrons. The highest BCUT2D eigenvalue weighted by Crippen LogP contribution is 2.67. The lowest BCUT2D eigenvalue weighted by molar-refractivity contribution is -0.125. The van der Waals surface area contributed by atoms with Gasteiger partial charge in [0.15, 0.2) is 0 Å². The molecule has 0 aliphatic heterocycles. The number of hydrogen-bond donors (Lipinski definition) is 1. The molecule has 0 spiro atoms. The highest BCUT2D eigenvalue weighted by atomic mass is 14.9. The van der Waals surface area contributed by atoms with Crippen LogP contribution in [0, 0.1) is 28.6 Å². The van der Waals surface area contributed by atoms with Crippen LogP contribution in [0.4, 0.5) is 0 Å². The molecule has 3 unspecified atom stereocenters. The Morgan fingerprint density at radius 1 is 1.05 bits per heavy atom. The molecule has 1 nitrogen and oxygen atoms in total. The van der Waals surface area contributed by atoms with Crippen molar-refractivity contribution in [1.82, 2.24) is 5.32 Å². The van der Waals surface area contributed by atoms with Gasteiger partial charge in [0.1, 0.15) is 0 Å². The van der Waals surface area contributed by atoms with Crippen molar-refractivity contribution in [2.45, 2.75) is 84.1 Å². The molecular formula is C19H33N. The molecule has 0 aromatic rings. The molecule has 5 rings (SSSR count). The lowest BCUT2D eigenvalue weighted by Gasteiger charge is -2.64. The molecule has 5 saturated carbocycles. The lowest BCUT2D eigenvalue weighted by Crippen LogP contribution is -2.60. The van der Waals surface area contributed by atoms with Gasteiger partial charge in [-0.3, -0.25) is 0 Å². The van der Waals surface area contributed by atoms with Gasteiger partial charge in [0.05, 0.1) is 0 Å². The predicted molar refractivity (Wildman–Crippen MR) is 84.6 cm³/mol. The normalized spacial score (nSPS) is 48.9. The Kier molecular flexibility index (Phi) is 3.22. The van der Waals surface area contributed by atoms with E-state index in [1.807, 2.05) is 0 Å². The van der Waals surface area contributed by atoms with Crippen LogP contribution in [0.5, 0.6) is 0 Å². The highest BCUT2D eigenvalue weighted by Gasteiger charge is 2.59. The van der Waals surface area contributed by atoms with Crippen molar-refractivity contribution in [3.8, 4) is 0 Å². The molecule has 5 aliphatic carbocycles. The van der Waals surface area contributed by atoms with Crippen molar-refractivity contribution in [3.63, 3.8) is 0 Å². The average Bonchev–Trinajstić information content (AvgIpc) is 2.86. The van der Waals surface area contributed by atoms with Crippen molar-refractivity contribution >= 4 is 0 Å². The first-order chi connectivity index (χ1) is 9.62. The van der Waals surface area contributed by atoms with E-state index in [0.717, 1.165) is 23.8 Å². The zero-order valence-electron chi connectivity index (χ0n) is 13.6. The Balaban J connectivity index is 1.64. The second kappa shape index (κ2) is 4.73. The maximum absolute atomic E-state index is 4.00. The monoisotopic (exact) mass is 275 g/mol. The van der Waals surface area contributed by atoms with Crippen LogP contribution in [-0.2, 0) is 0 Å². The molecule has 0 aromatic heterocycles. The van der Waals surface area contributed by atoms with Crippen LogP contribution in [0.25, 0.3) is 0 Å². The summed E-state index contributed by atoms with van der Waals surface area (Å²) in [7, 11) is 0. The molecule has 3 atom stereocenters. The summed E-state index contributed by atoms with van der Waals surface area (Å²) in [5, 5.41) is 4.00. The van der Waals surface area contributed by atoms with Crippen molar-refractivity contribution in [3.05, 3.63) is 0 Å². The molecule has 5 aliphatic rings. The lowest BCUT2D eigenvalue weighted by atomic mass is 9.42. The van der Waals surface area contributed by atoms with E-state index in [-0.39, 0.29) is 0 Å². The molecule has 0 radical (unpaired) electrons. The van der Waals surface area contributed by atoms with E-state index < -0.39 is 0 Å². The second-order valence-electron chi connectivity index (χ2n) is 9.21. The number of nitrogens with one attached hydrogen (secondary N) is 1. The van der Waals surface area contributed by atoms with Gasteiger partial charge in [0, 0.05) is 6.04 Å². The fourth-order valence-corrected chi connectivity index (χ4v) is 7.56. The van der Waals surface area contributed by atoms with Gasteiger partial charge in [0.25, 0.3) is 0 Å². The van der Waals surface area contributed by atoms with Crippen molar-refractivity contribution in [2.75, 3.05) is 6.54 Å². The third-order valence-corrected chi connectivity index (χ3v) is 7.35. The molecular weight excluding hydrogens is 242 g/mol. The Morgan fingerprint density at radius 2 is 1.70 bits per heavy atom. The molecule has 5 fully saturated rings. The summed E-state index contributed by atoms with van der Waals surface area (Å²) in [6.45, 7) is 6.12. The standard InChI is InChI=1S/C19H33N/c1-3-20-17(16-6-4-5-7-16)19-11-14-8-15(12-19)10-18(2,9-14)13-19/h14-17,20H,3-13H2,1-2H3. The summed E-state index contributed by atoms with van der Waals surface area (Å²) < 4.78 is 0. The largest absolute Gasteiger partial charge is 0.313 e. The van der Waals surface area contributed by atoms with Crippen LogP contribution in [0.15, 0.2) is 0 Å². The maximum Gasteiger partial charge on any atom is 0.0152 e. The molecule has 4 bridgehead atoms. The van der Waals surface area contributed by atoms with Gasteiger partial charge in [-0.1, -0.05) is 26.7 Å². The second-order valence-corrected chi connectivity index (χ2v) is 9.21. The average molecular weight is 275 g/mol. The minimum absolute atomic E-state index is 0.684. The molecule has 20 heavy (non-hydrogen) atoms. The number of hydrogen-bond acceptors (Lipinski definition) is 1. The van der Waals surface area contributed by atoms with Crippen molar-refractivity contribution in [1.29, 1.82) is 0 Å². The van der Waals surface area contributed by atoms with Crippen molar-refractivity contribution in [2.24, 2.45) is 28.6 Å². The third kappa shape index (κ3) is 2.07. The van der Waals surface area contributed by atoms with Gasteiger partial charge in [-0.2, -0.15) is 0 Å². The molecule has 0 amide bonds. The summed E-state index contributed by atoms with van der Waals surface area (Å²) in [5.41, 5.74) is 1.39. The highest BCUT2D eigenvalue weighted by molar-refractivity contribution is 5.11. The van der Waals surface area contributed by atoms with Gasteiger partial charge in [0.2, 0.25) is 0 Å². The fourth-order valence-electron chi connectivity index (χ4n) is 7.56. The van der Waals surface area contributed by atoms with Gasteiger partial charge >= 0.3 is 0 Å². The molecule has 0 heterocycles. The first-order valence-corrected chi connectivity index (χ1v) is 9.36. The van der Waals surface area contributed by atoms with Crippen LogP contribution in [0.2, 0.25) is 0 Å². The topological polar surface area (TPSA) is 12.0 Å². The molecule has 0 saturated heterocycles. The Labute approximate surface area is 125 Å². The Hall–Kier alpha value is -0.0400. The van der Waals surface area contributed by atoms with E-state index in [1.165, 1.54) is 32.2 Å². The van der Waals surface area contributed by atoms with Gasteiger partial charge in [-0.25, -0.2) is 0 Å². The van der Waals surface area contributed by atoms with Gasteiger partial charge in [-0.15, -0.1) is 0 Å². The van der Waals surface area contributed by atoms with Crippen LogP contribution < -0.4 is 5.32 Å². The van der Waals surface area contributed by atoms with Gasteiger partial charge < -0.3 is 5.32 Å². The van der Waals surface area contributed by atoms with Crippen molar-refractivity contribution < 1.29 is 0 Å². The summed E-state index contributed by atoms with van der Waals surface area (Å²) in [6.07, 6.45) is 15.3. The Morgan fingerprint density at radius 3 is 2.25 bits per heavy atom. The molecule has 1 N–H and O–H groups in total. The minimum Gasteiger partial charge on any atom is -0.313 e. The minimum atomic E-state index is 0.684. The summed E-state index contributed by atoms with van der Waals surface area (Å²) in [4.78, 5) is 0. The van der Waals surface area contributed by atoms with Crippen LogP contribution in [-0.4, -0.2) is 12.6 Å². The summed E-state index contributed by atoms with van der Waals surface area (Å²) >= 11 is 0. The third-order valence-electron chi connectivity index (χ3n) is 7.35. The first-order valence-electron chi connectivity index (χ1n) is 9.36. The quantitative estimate of drug-likeness (QED) is 0.780. The van der Waals surface area contributed by atoms with E-state index in [1.54, 1.807) is 38.5 Å². The van der Waals surface area contributed by atoms with E-state index in [0.29, 0.717) is 10.8 Å². The van der Waals surface area contributed by atoms with E-state index >= 15 is 0 Å². The smallest absolute Gasteiger partial charge is 0.0152 e. The molecule has 1 heteroatoms. The van der Waals surface area contributed by atoms with Gasteiger partial charge in [-0.05, 0) is 86.5 Å².